The van der Waals surface area contributed by atoms with E-state index in [0.717, 1.165) is 44.4 Å². The normalized spacial score (nSPS) is 31.7. The number of nitrogens with one attached hydrogen (secondary N) is 1. The van der Waals surface area contributed by atoms with Gasteiger partial charge in [0.25, 0.3) is 11.9 Å². The third kappa shape index (κ3) is 4.42. The van der Waals surface area contributed by atoms with Crippen LogP contribution in [0.1, 0.15) is 58.8 Å². The molecule has 0 aromatic heterocycles. The Morgan fingerprint density at radius 1 is 1.48 bits per heavy atom. The van der Waals surface area contributed by atoms with Crippen LogP contribution < -0.4 is 4.99 Å². The Hall–Kier alpha value is -1.28. The van der Waals surface area contributed by atoms with Gasteiger partial charge in [-0.05, 0) is 26.2 Å². The van der Waals surface area contributed by atoms with Crippen LogP contribution >= 0.6 is 11.8 Å². The first-order valence-corrected chi connectivity index (χ1v) is 11.1. The summed E-state index contributed by atoms with van der Waals surface area (Å²) in [6.45, 7) is 5.08. The summed E-state index contributed by atoms with van der Waals surface area (Å²) in [5, 5.41) is 10.3. The number of amides is 2. The Labute approximate surface area is 165 Å². The van der Waals surface area contributed by atoms with Crippen molar-refractivity contribution < 1.29 is 24.5 Å². The van der Waals surface area contributed by atoms with Gasteiger partial charge in [0, 0.05) is 18.3 Å². The molecule has 3 aliphatic heterocycles. The Bertz CT molecular complexity index is 587. The number of unbranched alkanes of at least 4 members (excludes halogenated alkanes) is 1. The molecule has 2 fully saturated rings. The van der Waals surface area contributed by atoms with E-state index >= 15 is 0 Å². The first kappa shape index (κ1) is 20.5. The number of nitrogens with zero attached hydrogens (tertiary/aromatic N) is 2. The summed E-state index contributed by atoms with van der Waals surface area (Å²) in [5.74, 6) is 1.49. The van der Waals surface area contributed by atoms with Crippen molar-refractivity contribution >= 4 is 30.0 Å². The summed E-state index contributed by atoms with van der Waals surface area (Å²) in [7, 11) is 0. The maximum Gasteiger partial charge on any atom is 0.342 e. The van der Waals surface area contributed by atoms with Crippen molar-refractivity contribution in [3.63, 3.8) is 0 Å². The summed E-state index contributed by atoms with van der Waals surface area (Å²) in [6, 6.07) is -0.131. The van der Waals surface area contributed by atoms with Crippen molar-refractivity contribution in [2.75, 3.05) is 18.8 Å². The maximum absolute atomic E-state index is 13.3. The molecule has 4 atom stereocenters. The average Bonchev–Trinajstić information content (AvgIpc) is 2.80. The quantitative estimate of drug-likeness (QED) is 0.376. The first-order chi connectivity index (χ1) is 13.0. The van der Waals surface area contributed by atoms with Gasteiger partial charge in [0.15, 0.2) is 0 Å². The number of rotatable bonds is 7. The van der Waals surface area contributed by atoms with Gasteiger partial charge in [-0.15, -0.1) is 11.8 Å². The monoisotopic (exact) mass is 398 g/mol. The van der Waals surface area contributed by atoms with Gasteiger partial charge >= 0.3 is 5.90 Å². The van der Waals surface area contributed by atoms with Gasteiger partial charge in [-0.1, -0.05) is 32.6 Å². The summed E-state index contributed by atoms with van der Waals surface area (Å²) in [4.78, 5) is 28.9. The number of hydroxylamine groups is 2. The Kier molecular flexibility index (Phi) is 6.68. The molecule has 2 unspecified atom stereocenters. The standard InChI is InChI=1S/C19H31N3O4S/c1-3-4-8-14(11-21(25)13-23)17-20-16-18(24)22-10-7-5-6-9-15(22)12-27-19(16,2)26-17/h13-16,25H,3-12H2,1-2H3/p+1/t14-,15?,16-,19?/m1/s1. The molecular weight excluding hydrogens is 366 g/mol. The lowest BCUT2D eigenvalue weighted by Gasteiger charge is -2.27. The minimum atomic E-state index is -0.648. The van der Waals surface area contributed by atoms with E-state index in [-0.39, 0.29) is 18.4 Å². The van der Waals surface area contributed by atoms with Crippen LogP contribution in [0.2, 0.25) is 0 Å². The molecule has 3 heterocycles. The number of hydrogen-bond donors (Lipinski definition) is 2. The van der Waals surface area contributed by atoms with Gasteiger partial charge in [-0.25, -0.2) is 5.06 Å². The SMILES string of the molecule is CCCC[C@H](CN(O)C=O)C1=[NH+][C@@H]2C(=O)N3CCCCCC3CSC2(C)O1. The minimum Gasteiger partial charge on any atom is -0.423 e. The van der Waals surface area contributed by atoms with Gasteiger partial charge in [0.1, 0.15) is 5.92 Å². The topological polar surface area (TPSA) is 84.0 Å². The van der Waals surface area contributed by atoms with E-state index in [1.54, 1.807) is 11.8 Å². The highest BCUT2D eigenvalue weighted by Crippen LogP contribution is 2.38. The van der Waals surface area contributed by atoms with E-state index in [0.29, 0.717) is 23.4 Å². The van der Waals surface area contributed by atoms with Crippen LogP contribution in [-0.4, -0.2) is 69.2 Å². The highest BCUT2D eigenvalue weighted by Gasteiger charge is 2.58. The summed E-state index contributed by atoms with van der Waals surface area (Å²) < 4.78 is 6.31. The highest BCUT2D eigenvalue weighted by atomic mass is 32.2. The predicted octanol–water partition coefficient (Wildman–Crippen LogP) is 0.753. The van der Waals surface area contributed by atoms with E-state index in [9.17, 15) is 14.8 Å². The molecule has 8 heteroatoms. The molecule has 0 aliphatic carbocycles. The summed E-state index contributed by atoms with van der Waals surface area (Å²) >= 11 is 1.71. The molecule has 0 aromatic carbocycles. The molecule has 0 radical (unpaired) electrons. The van der Waals surface area contributed by atoms with Gasteiger partial charge in [0.2, 0.25) is 11.3 Å². The molecule has 0 aromatic rings. The zero-order chi connectivity index (χ0) is 19.4. The second-order valence-corrected chi connectivity index (χ2v) is 9.40. The second-order valence-electron chi connectivity index (χ2n) is 7.97. The van der Waals surface area contributed by atoms with E-state index in [2.05, 4.69) is 16.8 Å². The average molecular weight is 399 g/mol. The number of carbonyl (C=O) groups is 2. The van der Waals surface area contributed by atoms with Crippen molar-refractivity contribution in [2.24, 2.45) is 5.92 Å². The van der Waals surface area contributed by atoms with E-state index in [1.165, 1.54) is 12.8 Å². The van der Waals surface area contributed by atoms with Gasteiger partial charge in [-0.2, -0.15) is 4.99 Å². The molecule has 0 bridgehead atoms. The van der Waals surface area contributed by atoms with Crippen LogP contribution in [0.25, 0.3) is 0 Å². The number of thioether (sulfide) groups is 1. The maximum atomic E-state index is 13.3. The van der Waals surface area contributed by atoms with Crippen molar-refractivity contribution in [3.8, 4) is 0 Å². The smallest absolute Gasteiger partial charge is 0.342 e. The molecule has 0 saturated carbocycles. The molecule has 2 N–H and O–H groups in total. The third-order valence-corrected chi connectivity index (χ3v) is 7.34. The molecule has 0 spiro atoms. The van der Waals surface area contributed by atoms with E-state index in [1.807, 2.05) is 6.92 Å². The molecule has 7 nitrogen and oxygen atoms in total. The van der Waals surface area contributed by atoms with Crippen LogP contribution in [0, 0.1) is 5.92 Å². The zero-order valence-electron chi connectivity index (χ0n) is 16.4. The van der Waals surface area contributed by atoms with Crippen LogP contribution in [0.5, 0.6) is 0 Å². The lowest BCUT2D eigenvalue weighted by atomic mass is 10.0. The number of hydrogen-bond acceptors (Lipinski definition) is 5. The van der Waals surface area contributed by atoms with Crippen LogP contribution in [0.3, 0.4) is 0 Å². The molecule has 2 amide bonds. The summed E-state index contributed by atoms with van der Waals surface area (Å²) in [5.41, 5.74) is 0. The highest BCUT2D eigenvalue weighted by molar-refractivity contribution is 8.00. The van der Waals surface area contributed by atoms with Crippen molar-refractivity contribution in [1.29, 1.82) is 0 Å². The van der Waals surface area contributed by atoms with Crippen LogP contribution in [0.4, 0.5) is 0 Å². The zero-order valence-corrected chi connectivity index (χ0v) is 17.2. The third-order valence-electron chi connectivity index (χ3n) is 5.90. The van der Waals surface area contributed by atoms with E-state index < -0.39 is 11.0 Å². The van der Waals surface area contributed by atoms with Crippen molar-refractivity contribution in [2.45, 2.75) is 75.8 Å². The predicted molar refractivity (Wildman–Crippen MR) is 103 cm³/mol. The minimum absolute atomic E-state index is 0.120. The van der Waals surface area contributed by atoms with Crippen molar-refractivity contribution in [1.82, 2.24) is 9.96 Å². The van der Waals surface area contributed by atoms with Gasteiger partial charge in [-0.3, -0.25) is 14.8 Å². The first-order valence-electron chi connectivity index (χ1n) is 10.2. The second kappa shape index (κ2) is 8.82. The fourth-order valence-corrected chi connectivity index (χ4v) is 5.62. The van der Waals surface area contributed by atoms with Crippen LogP contribution in [0.15, 0.2) is 0 Å². The largest absolute Gasteiger partial charge is 0.423 e. The Morgan fingerprint density at radius 2 is 2.30 bits per heavy atom. The van der Waals surface area contributed by atoms with E-state index in [4.69, 9.17) is 4.74 Å². The van der Waals surface area contributed by atoms with Crippen LogP contribution in [-0.2, 0) is 14.3 Å². The lowest BCUT2D eigenvalue weighted by Crippen LogP contribution is -2.83. The fraction of sp³-hybridized carbons (Fsp3) is 0.842. The molecule has 27 heavy (non-hydrogen) atoms. The molecule has 2 saturated heterocycles. The molecular formula is C19H32N3O4S+. The van der Waals surface area contributed by atoms with Crippen molar-refractivity contribution in [3.05, 3.63) is 0 Å². The Balaban J connectivity index is 1.82. The molecule has 3 aliphatic rings. The number of carbonyl (C=O) groups excluding carboxylic acids is 2. The molecule has 3 rings (SSSR count). The Morgan fingerprint density at radius 3 is 3.04 bits per heavy atom. The number of fused-ring (bicyclic) bond motifs is 2. The van der Waals surface area contributed by atoms with Gasteiger partial charge < -0.3 is 9.64 Å². The lowest BCUT2D eigenvalue weighted by molar-refractivity contribution is -0.485. The fourth-order valence-electron chi connectivity index (χ4n) is 4.27. The summed E-state index contributed by atoms with van der Waals surface area (Å²) in [6.07, 6.45) is 7.67. The molecule has 152 valence electrons. The number of ether oxygens (including phenoxy) is 1. The van der Waals surface area contributed by atoms with Gasteiger partial charge in [0.05, 0.1) is 6.54 Å².